The standard InChI is InChI=1S/C13H15Cl2NO3S/c1-8-6-9(20(3,18)19)4-5-10(8)16-11(17)12(2)7-13(12,14)15/h4-6H,7H2,1-3H3,(H,16,17)/t12-/m1/s1. The minimum Gasteiger partial charge on any atom is -0.325 e. The number of carbonyl (C=O) groups excluding carboxylic acids is 1. The molecule has 7 heteroatoms. The lowest BCUT2D eigenvalue weighted by molar-refractivity contribution is -0.120. The molecule has 1 aromatic carbocycles. The Bertz CT molecular complexity index is 685. The lowest BCUT2D eigenvalue weighted by Crippen LogP contribution is -2.26. The molecular weight excluding hydrogens is 321 g/mol. The number of hydrogen-bond acceptors (Lipinski definition) is 3. The number of carbonyl (C=O) groups is 1. The molecule has 20 heavy (non-hydrogen) atoms. The number of anilines is 1. The molecule has 0 bridgehead atoms. The Morgan fingerprint density at radius 3 is 2.30 bits per heavy atom. The van der Waals surface area contributed by atoms with Crippen molar-refractivity contribution in [1.82, 2.24) is 0 Å². The molecular formula is C13H15Cl2NO3S. The van der Waals surface area contributed by atoms with E-state index in [9.17, 15) is 13.2 Å². The summed E-state index contributed by atoms with van der Waals surface area (Å²) in [4.78, 5) is 12.4. The van der Waals surface area contributed by atoms with Gasteiger partial charge in [0, 0.05) is 11.9 Å². The van der Waals surface area contributed by atoms with Crippen molar-refractivity contribution in [3.8, 4) is 0 Å². The van der Waals surface area contributed by atoms with Gasteiger partial charge in [-0.1, -0.05) is 0 Å². The quantitative estimate of drug-likeness (QED) is 0.863. The fraction of sp³-hybridized carbons (Fsp3) is 0.462. The Morgan fingerprint density at radius 1 is 1.35 bits per heavy atom. The maximum Gasteiger partial charge on any atom is 0.233 e. The average molecular weight is 336 g/mol. The van der Waals surface area contributed by atoms with Crippen molar-refractivity contribution in [1.29, 1.82) is 0 Å². The highest BCUT2D eigenvalue weighted by Crippen LogP contribution is 2.64. The number of alkyl halides is 2. The van der Waals surface area contributed by atoms with Gasteiger partial charge in [0.15, 0.2) is 9.84 Å². The van der Waals surface area contributed by atoms with E-state index in [1.54, 1.807) is 19.9 Å². The lowest BCUT2D eigenvalue weighted by Gasteiger charge is -2.14. The fourth-order valence-electron chi connectivity index (χ4n) is 1.91. The first-order valence-corrected chi connectivity index (χ1v) is 8.62. The third-order valence-electron chi connectivity index (χ3n) is 3.63. The molecule has 1 N–H and O–H groups in total. The maximum atomic E-state index is 12.1. The fourth-order valence-corrected chi connectivity index (χ4v) is 3.33. The van der Waals surface area contributed by atoms with Crippen molar-refractivity contribution >= 4 is 44.6 Å². The largest absolute Gasteiger partial charge is 0.325 e. The van der Waals surface area contributed by atoms with Crippen LogP contribution in [0.3, 0.4) is 0 Å². The Morgan fingerprint density at radius 2 is 1.90 bits per heavy atom. The first kappa shape index (κ1) is 15.6. The van der Waals surface area contributed by atoms with E-state index in [1.165, 1.54) is 12.1 Å². The monoisotopic (exact) mass is 335 g/mol. The van der Waals surface area contributed by atoms with Crippen molar-refractivity contribution in [3.05, 3.63) is 23.8 Å². The molecule has 1 saturated carbocycles. The molecule has 0 unspecified atom stereocenters. The third-order valence-corrected chi connectivity index (χ3v) is 5.84. The molecule has 1 aliphatic carbocycles. The van der Waals surface area contributed by atoms with Gasteiger partial charge in [-0.3, -0.25) is 4.79 Å². The predicted molar refractivity (Wildman–Crippen MR) is 80.1 cm³/mol. The van der Waals surface area contributed by atoms with Gasteiger partial charge in [-0.05, 0) is 44.0 Å². The Labute approximate surface area is 128 Å². The molecule has 1 aliphatic rings. The van der Waals surface area contributed by atoms with Crippen molar-refractivity contribution in [3.63, 3.8) is 0 Å². The van der Waals surface area contributed by atoms with Crippen LogP contribution >= 0.6 is 23.2 Å². The highest BCUT2D eigenvalue weighted by molar-refractivity contribution is 7.90. The molecule has 1 amide bonds. The highest BCUT2D eigenvalue weighted by atomic mass is 35.5. The van der Waals surface area contributed by atoms with Crippen LogP contribution in [-0.2, 0) is 14.6 Å². The van der Waals surface area contributed by atoms with Crippen LogP contribution in [-0.4, -0.2) is 24.9 Å². The summed E-state index contributed by atoms with van der Waals surface area (Å²) in [5.74, 6) is -0.266. The molecule has 0 radical (unpaired) electrons. The summed E-state index contributed by atoms with van der Waals surface area (Å²) >= 11 is 11.9. The lowest BCUT2D eigenvalue weighted by atomic mass is 10.1. The molecule has 0 saturated heterocycles. The van der Waals surface area contributed by atoms with Crippen LogP contribution in [0.1, 0.15) is 18.9 Å². The van der Waals surface area contributed by atoms with Gasteiger partial charge >= 0.3 is 0 Å². The first-order chi connectivity index (χ1) is 8.97. The van der Waals surface area contributed by atoms with Crippen molar-refractivity contribution in [2.75, 3.05) is 11.6 Å². The van der Waals surface area contributed by atoms with Crippen LogP contribution in [0.4, 0.5) is 5.69 Å². The molecule has 1 atom stereocenters. The maximum absolute atomic E-state index is 12.1. The topological polar surface area (TPSA) is 63.2 Å². The second-order valence-corrected chi connectivity index (χ2v) is 8.92. The number of sulfone groups is 1. The molecule has 110 valence electrons. The SMILES string of the molecule is Cc1cc(S(C)(=O)=O)ccc1NC(=O)[C@@]1(C)CC1(Cl)Cl. The number of benzene rings is 1. The Hall–Kier alpha value is -0.780. The predicted octanol–water partition coefficient (Wildman–Crippen LogP) is 2.92. The Balaban J connectivity index is 2.22. The Kier molecular flexibility index (Phi) is 3.60. The van der Waals surface area contributed by atoms with E-state index >= 15 is 0 Å². The number of rotatable bonds is 3. The summed E-state index contributed by atoms with van der Waals surface area (Å²) in [7, 11) is -3.26. The molecule has 1 fully saturated rings. The molecule has 0 aromatic heterocycles. The van der Waals surface area contributed by atoms with Crippen LogP contribution < -0.4 is 5.32 Å². The van der Waals surface area contributed by atoms with Gasteiger partial charge in [-0.15, -0.1) is 23.2 Å². The summed E-state index contributed by atoms with van der Waals surface area (Å²) in [6.07, 6.45) is 1.54. The number of aryl methyl sites for hydroxylation is 1. The molecule has 2 rings (SSSR count). The summed E-state index contributed by atoms with van der Waals surface area (Å²) in [5, 5.41) is 2.74. The van der Waals surface area contributed by atoms with E-state index in [4.69, 9.17) is 23.2 Å². The van der Waals surface area contributed by atoms with Crippen LogP contribution in [0.2, 0.25) is 0 Å². The zero-order valence-corrected chi connectivity index (χ0v) is 13.7. The van der Waals surface area contributed by atoms with Gasteiger partial charge < -0.3 is 5.32 Å². The second-order valence-electron chi connectivity index (χ2n) is 5.42. The first-order valence-electron chi connectivity index (χ1n) is 5.97. The minimum atomic E-state index is -3.26. The van der Waals surface area contributed by atoms with E-state index in [1.807, 2.05) is 0 Å². The number of amides is 1. The number of nitrogens with one attached hydrogen (secondary N) is 1. The third kappa shape index (κ3) is 2.67. The van der Waals surface area contributed by atoms with E-state index in [0.717, 1.165) is 6.26 Å². The van der Waals surface area contributed by atoms with Crippen LogP contribution in [0.15, 0.2) is 23.1 Å². The van der Waals surface area contributed by atoms with E-state index in [0.29, 0.717) is 17.7 Å². The summed E-state index contributed by atoms with van der Waals surface area (Å²) in [6.45, 7) is 3.43. The smallest absolute Gasteiger partial charge is 0.233 e. The minimum absolute atomic E-state index is 0.217. The normalized spacial score (nSPS) is 24.2. The van der Waals surface area contributed by atoms with Crippen molar-refractivity contribution in [2.24, 2.45) is 5.41 Å². The van der Waals surface area contributed by atoms with Crippen LogP contribution in [0.25, 0.3) is 0 Å². The molecule has 1 aromatic rings. The zero-order valence-electron chi connectivity index (χ0n) is 11.3. The van der Waals surface area contributed by atoms with Gasteiger partial charge in [-0.2, -0.15) is 0 Å². The summed E-state index contributed by atoms with van der Waals surface area (Å²) in [6, 6.07) is 4.55. The van der Waals surface area contributed by atoms with E-state index in [-0.39, 0.29) is 10.8 Å². The average Bonchev–Trinajstić information content (AvgIpc) is 2.81. The van der Waals surface area contributed by atoms with E-state index < -0.39 is 19.6 Å². The zero-order chi connectivity index (χ0) is 15.3. The van der Waals surface area contributed by atoms with Gasteiger partial charge in [0.05, 0.1) is 10.3 Å². The highest BCUT2D eigenvalue weighted by Gasteiger charge is 2.67. The van der Waals surface area contributed by atoms with Crippen molar-refractivity contribution < 1.29 is 13.2 Å². The number of hydrogen-bond donors (Lipinski definition) is 1. The van der Waals surface area contributed by atoms with Gasteiger partial charge in [-0.25, -0.2) is 8.42 Å². The van der Waals surface area contributed by atoms with Gasteiger partial charge in [0.2, 0.25) is 5.91 Å². The molecule has 0 aliphatic heterocycles. The second kappa shape index (κ2) is 4.61. The van der Waals surface area contributed by atoms with Gasteiger partial charge in [0.1, 0.15) is 4.33 Å². The van der Waals surface area contributed by atoms with E-state index in [2.05, 4.69) is 5.32 Å². The molecule has 0 spiro atoms. The molecule has 0 heterocycles. The van der Waals surface area contributed by atoms with Crippen molar-refractivity contribution in [2.45, 2.75) is 29.5 Å². The molecule has 4 nitrogen and oxygen atoms in total. The van der Waals surface area contributed by atoms with Crippen LogP contribution in [0.5, 0.6) is 0 Å². The number of halogens is 2. The van der Waals surface area contributed by atoms with Crippen LogP contribution in [0, 0.1) is 12.3 Å². The summed E-state index contributed by atoms with van der Waals surface area (Å²) < 4.78 is 21.9. The van der Waals surface area contributed by atoms with Gasteiger partial charge in [0.25, 0.3) is 0 Å². The summed E-state index contributed by atoms with van der Waals surface area (Å²) in [5.41, 5.74) is 0.415.